The minimum atomic E-state index is -3.84. The van der Waals surface area contributed by atoms with Crippen molar-refractivity contribution >= 4 is 60.0 Å². The molecule has 5 atom stereocenters. The molecule has 3 aromatic carbocycles. The van der Waals surface area contributed by atoms with Gasteiger partial charge in [0.15, 0.2) is 5.78 Å². The first-order valence-corrected chi connectivity index (χ1v) is 22.8. The third-order valence-corrected chi connectivity index (χ3v) is 16.7. The van der Waals surface area contributed by atoms with Gasteiger partial charge in [-0.15, -0.1) is 0 Å². The van der Waals surface area contributed by atoms with Crippen LogP contribution in [0.5, 0.6) is 11.5 Å². The number of esters is 1. The number of carbonyl (C=O) groups excluding carboxylic acids is 2. The molecule has 3 aromatic rings. The first kappa shape index (κ1) is 42.1. The molecule has 0 saturated heterocycles. The Labute approximate surface area is 305 Å². The van der Waals surface area contributed by atoms with Crippen LogP contribution >= 0.6 is 37.4 Å². The number of carbonyl (C=O) groups is 2. The summed E-state index contributed by atoms with van der Waals surface area (Å²) < 4.78 is 52.2. The predicted molar refractivity (Wildman–Crippen MR) is 208 cm³/mol. The average molecular weight is 767 g/mol. The maximum Gasteiger partial charge on any atom is 0.323 e. The Kier molecular flexibility index (Phi) is 15.5. The third kappa shape index (κ3) is 12.7. The van der Waals surface area contributed by atoms with Gasteiger partial charge in [-0.05, 0) is 98.1 Å². The molecule has 10 nitrogen and oxygen atoms in total. The second-order valence-corrected chi connectivity index (χ2v) is 22.4. The van der Waals surface area contributed by atoms with Gasteiger partial charge < -0.3 is 18.2 Å². The molecule has 0 bridgehead atoms. The molecule has 0 radical (unpaired) electrons. The molecule has 0 aliphatic carbocycles. The Bertz CT molecular complexity index is 1660. The first-order chi connectivity index (χ1) is 23.4. The van der Waals surface area contributed by atoms with Gasteiger partial charge in [0, 0.05) is 5.39 Å². The molecule has 0 aliphatic rings. The lowest BCUT2D eigenvalue weighted by atomic mass is 10.0. The molecule has 14 heteroatoms. The Morgan fingerprint density at radius 2 is 1.48 bits per heavy atom. The lowest BCUT2D eigenvalue weighted by molar-refractivity contribution is -0.150. The van der Waals surface area contributed by atoms with E-state index in [0.717, 1.165) is 22.4 Å². The van der Waals surface area contributed by atoms with Crippen LogP contribution in [0, 0.1) is 0 Å². The van der Waals surface area contributed by atoms with Crippen LogP contribution < -0.4 is 18.9 Å². The van der Waals surface area contributed by atoms with Crippen LogP contribution in [-0.4, -0.2) is 59.1 Å². The van der Waals surface area contributed by atoms with Crippen LogP contribution in [-0.2, 0) is 28.2 Å². The van der Waals surface area contributed by atoms with Crippen molar-refractivity contribution in [1.82, 2.24) is 10.2 Å². The van der Waals surface area contributed by atoms with Gasteiger partial charge in [-0.1, -0.05) is 54.6 Å². The fourth-order valence-electron chi connectivity index (χ4n) is 4.72. The van der Waals surface area contributed by atoms with Crippen molar-refractivity contribution in [1.29, 1.82) is 0 Å². The lowest BCUT2D eigenvalue weighted by Gasteiger charge is -2.37. The second kappa shape index (κ2) is 18.5. The van der Waals surface area contributed by atoms with Crippen molar-refractivity contribution < 1.29 is 36.9 Å². The maximum absolute atomic E-state index is 15.0. The number of rotatable bonds is 20. The SMILES string of the molecule is CSCP(=O)(N[C@@H](C)C(=O)OC(C)CCC(C)(C)P(=O)(N[C@@H](C)C(=O)COC(C)(C)C)Oc1cccc2ccccc12)SOc1ccccc1. The molecule has 3 unspecified atom stereocenters. The van der Waals surface area contributed by atoms with E-state index in [2.05, 4.69) is 10.2 Å². The van der Waals surface area contributed by atoms with Gasteiger partial charge in [0.2, 0.25) is 6.49 Å². The summed E-state index contributed by atoms with van der Waals surface area (Å²) in [5, 5.41) is 6.71. The van der Waals surface area contributed by atoms with Crippen molar-refractivity contribution in [3.63, 3.8) is 0 Å². The van der Waals surface area contributed by atoms with E-state index in [1.54, 1.807) is 39.0 Å². The zero-order valence-electron chi connectivity index (χ0n) is 30.5. The molecule has 276 valence electrons. The van der Waals surface area contributed by atoms with E-state index in [1.807, 2.05) is 95.5 Å². The smallest absolute Gasteiger partial charge is 0.323 e. The summed E-state index contributed by atoms with van der Waals surface area (Å²) in [6, 6.07) is 20.5. The van der Waals surface area contributed by atoms with Gasteiger partial charge >= 0.3 is 13.5 Å². The molecular weight excluding hydrogens is 714 g/mol. The van der Waals surface area contributed by atoms with E-state index in [4.69, 9.17) is 18.2 Å². The third-order valence-electron chi connectivity index (χ3n) is 7.79. The van der Waals surface area contributed by atoms with Crippen molar-refractivity contribution in [3.05, 3.63) is 72.8 Å². The number of fused-ring (bicyclic) bond motifs is 1. The topological polar surface area (TPSA) is 129 Å². The standard InChI is InChI=1S/C36H52N2O8P2S2/c1-26(44-34(40)28(3)37-47(41,25-49-9)50-46-30-18-11-10-12-19-30)22-23-36(7,8)48(42,38-27(2)32(39)24-43-35(4,5)6)45-33-21-15-17-29-16-13-14-20-31(29)33/h10-21,26-28H,22-25H2,1-9H3,(H,37,41)(H,38,42)/t26?,27-,28-,47?,48?/m0/s1. The van der Waals surface area contributed by atoms with E-state index >= 15 is 0 Å². The summed E-state index contributed by atoms with van der Waals surface area (Å²) in [6.07, 6.45) is 1.94. The van der Waals surface area contributed by atoms with Gasteiger partial charge in [-0.25, -0.2) is 10.2 Å². The van der Waals surface area contributed by atoms with Crippen LogP contribution in [0.4, 0.5) is 0 Å². The highest BCUT2D eigenvalue weighted by Gasteiger charge is 2.45. The highest BCUT2D eigenvalue weighted by atomic mass is 32.7. The van der Waals surface area contributed by atoms with E-state index in [0.29, 0.717) is 24.3 Å². The van der Waals surface area contributed by atoms with Crippen LogP contribution in [0.25, 0.3) is 10.8 Å². The Morgan fingerprint density at radius 1 is 0.840 bits per heavy atom. The van der Waals surface area contributed by atoms with Gasteiger partial charge in [-0.3, -0.25) is 18.7 Å². The van der Waals surface area contributed by atoms with Crippen molar-refractivity contribution in [2.24, 2.45) is 0 Å². The largest absolute Gasteiger partial charge is 0.462 e. The molecule has 3 rings (SSSR count). The highest BCUT2D eigenvalue weighted by Crippen LogP contribution is 2.59. The number of Topliss-reactive ketones (excluding diaryl/α,β-unsaturated/α-hetero) is 1. The molecule has 0 saturated carbocycles. The zero-order chi connectivity index (χ0) is 37.2. The summed E-state index contributed by atoms with van der Waals surface area (Å²) in [5.41, 5.74) is -0.271. The zero-order valence-corrected chi connectivity index (χ0v) is 33.9. The minimum absolute atomic E-state index is 0.146. The summed E-state index contributed by atoms with van der Waals surface area (Å²) in [7, 11) is -3.84. The summed E-state index contributed by atoms with van der Waals surface area (Å²) in [4.78, 5) is 26.3. The predicted octanol–water partition coefficient (Wildman–Crippen LogP) is 9.48. The van der Waals surface area contributed by atoms with Crippen LogP contribution in [0.2, 0.25) is 0 Å². The monoisotopic (exact) mass is 766 g/mol. The fraction of sp³-hybridized carbons (Fsp3) is 0.500. The number of ketones is 1. The number of thioether (sulfide) groups is 1. The lowest BCUT2D eigenvalue weighted by Crippen LogP contribution is -2.42. The Morgan fingerprint density at radius 3 is 2.14 bits per heavy atom. The van der Waals surface area contributed by atoms with Gasteiger partial charge in [-0.2, -0.15) is 11.8 Å². The highest BCUT2D eigenvalue weighted by molar-refractivity contribution is 8.57. The van der Waals surface area contributed by atoms with Crippen LogP contribution in [0.3, 0.4) is 0 Å². The van der Waals surface area contributed by atoms with Gasteiger partial charge in [0.25, 0.3) is 0 Å². The summed E-state index contributed by atoms with van der Waals surface area (Å²) in [6.45, 7) is 10.9. The summed E-state index contributed by atoms with van der Waals surface area (Å²) >= 11 is 2.21. The van der Waals surface area contributed by atoms with E-state index in [-0.39, 0.29) is 17.9 Å². The van der Waals surface area contributed by atoms with Gasteiger partial charge in [0.1, 0.15) is 35.8 Å². The molecule has 50 heavy (non-hydrogen) atoms. The van der Waals surface area contributed by atoms with Crippen LogP contribution in [0.1, 0.15) is 68.2 Å². The molecular formula is C36H52N2O8P2S2. The molecule has 2 N–H and O–H groups in total. The normalized spacial score (nSPS) is 16.4. The fourth-order valence-corrected chi connectivity index (χ4v) is 12.3. The van der Waals surface area contributed by atoms with Gasteiger partial charge in [0.05, 0.1) is 28.4 Å². The second-order valence-electron chi connectivity index (χ2n) is 13.8. The van der Waals surface area contributed by atoms with Crippen molar-refractivity contribution in [2.75, 3.05) is 18.4 Å². The number of hydrogen-bond donors (Lipinski definition) is 2. The van der Waals surface area contributed by atoms with Crippen LogP contribution in [0.15, 0.2) is 72.8 Å². The Hall–Kier alpha value is -2.30. The molecule has 0 fully saturated rings. The van der Waals surface area contributed by atoms with Crippen molar-refractivity contribution in [3.8, 4) is 11.5 Å². The first-order valence-electron chi connectivity index (χ1n) is 16.6. The maximum atomic E-state index is 15.0. The number of nitrogens with one attached hydrogen (secondary N) is 2. The van der Waals surface area contributed by atoms with E-state index < -0.39 is 48.9 Å². The van der Waals surface area contributed by atoms with Crippen molar-refractivity contribution in [2.45, 2.75) is 97.2 Å². The number of para-hydroxylation sites is 1. The number of benzene rings is 3. The molecule has 0 aliphatic heterocycles. The quantitative estimate of drug-likeness (QED) is 0.0646. The minimum Gasteiger partial charge on any atom is -0.462 e. The number of ether oxygens (including phenoxy) is 2. The average Bonchev–Trinajstić information content (AvgIpc) is 3.05. The summed E-state index contributed by atoms with van der Waals surface area (Å²) in [5.74, 6) is 0.164. The molecule has 0 heterocycles. The molecule has 0 amide bonds. The van der Waals surface area contributed by atoms with E-state index in [1.165, 1.54) is 11.8 Å². The molecule has 0 spiro atoms. The van der Waals surface area contributed by atoms with E-state index in [9.17, 15) is 18.7 Å². The number of hydrogen-bond acceptors (Lipinski definition) is 10. The Balaban J connectivity index is 1.72. The molecule has 0 aromatic heterocycles.